The lowest BCUT2D eigenvalue weighted by atomic mass is 10.1. The summed E-state index contributed by atoms with van der Waals surface area (Å²) in [5.41, 5.74) is 2.44. The Morgan fingerprint density at radius 2 is 1.90 bits per heavy atom. The van der Waals surface area contributed by atoms with Gasteiger partial charge in [0, 0.05) is 5.92 Å². The van der Waals surface area contributed by atoms with E-state index >= 15 is 0 Å². The molecule has 1 unspecified atom stereocenters. The molecule has 1 aromatic carbocycles. The molecule has 1 amide bonds. The fourth-order valence-electron chi connectivity index (χ4n) is 2.16. The average molecular weight is 267 g/mol. The molecule has 4 heteroatoms. The number of benzene rings is 1. The Kier molecular flexibility index (Phi) is 3.46. The average Bonchev–Trinajstić information content (AvgIpc) is 3.33. The monoisotopic (exact) mass is 267 g/mol. The van der Waals surface area contributed by atoms with E-state index in [1.807, 2.05) is 43.3 Å². The molecule has 1 aliphatic rings. The van der Waals surface area contributed by atoms with Gasteiger partial charge < -0.3 is 5.32 Å². The van der Waals surface area contributed by atoms with Crippen molar-refractivity contribution in [1.29, 1.82) is 0 Å². The third kappa shape index (κ3) is 2.85. The zero-order chi connectivity index (χ0) is 13.9. The smallest absolute Gasteiger partial charge is 0.272 e. The molecule has 2 aromatic rings. The van der Waals surface area contributed by atoms with Crippen molar-refractivity contribution in [2.24, 2.45) is 0 Å². The second kappa shape index (κ2) is 5.41. The van der Waals surface area contributed by atoms with Gasteiger partial charge in [0.05, 0.1) is 11.7 Å². The van der Waals surface area contributed by atoms with E-state index in [-0.39, 0.29) is 11.9 Å². The molecule has 1 aliphatic carbocycles. The molecule has 0 bridgehead atoms. The van der Waals surface area contributed by atoms with Crippen LogP contribution in [0.3, 0.4) is 0 Å². The molecule has 1 heterocycles. The van der Waals surface area contributed by atoms with Crippen molar-refractivity contribution in [2.75, 3.05) is 0 Å². The summed E-state index contributed by atoms with van der Waals surface area (Å²) in [5, 5.41) is 11.1. The van der Waals surface area contributed by atoms with E-state index in [0.717, 1.165) is 11.3 Å². The van der Waals surface area contributed by atoms with Crippen molar-refractivity contribution in [3.63, 3.8) is 0 Å². The van der Waals surface area contributed by atoms with Crippen LogP contribution < -0.4 is 5.32 Å². The minimum Gasteiger partial charge on any atom is -0.344 e. The first kappa shape index (κ1) is 12.8. The van der Waals surface area contributed by atoms with Gasteiger partial charge in [-0.25, -0.2) is 0 Å². The van der Waals surface area contributed by atoms with E-state index in [2.05, 4.69) is 15.5 Å². The summed E-state index contributed by atoms with van der Waals surface area (Å²) in [6.45, 7) is 1.96. The zero-order valence-corrected chi connectivity index (χ0v) is 11.4. The van der Waals surface area contributed by atoms with Crippen molar-refractivity contribution in [3.05, 3.63) is 59.4 Å². The normalized spacial score (nSPS) is 15.7. The van der Waals surface area contributed by atoms with E-state index in [4.69, 9.17) is 0 Å². The predicted molar refractivity (Wildman–Crippen MR) is 76.3 cm³/mol. The molecule has 20 heavy (non-hydrogen) atoms. The van der Waals surface area contributed by atoms with Crippen LogP contribution in [0.2, 0.25) is 0 Å². The van der Waals surface area contributed by atoms with Crippen LogP contribution in [-0.4, -0.2) is 16.1 Å². The van der Waals surface area contributed by atoms with Crippen LogP contribution in [0.5, 0.6) is 0 Å². The minimum atomic E-state index is -0.184. The van der Waals surface area contributed by atoms with Crippen molar-refractivity contribution < 1.29 is 4.79 Å². The fraction of sp³-hybridized carbons (Fsp3) is 0.312. The third-order valence-corrected chi connectivity index (χ3v) is 3.56. The number of carbonyl (C=O) groups is 1. The minimum absolute atomic E-state index is 0.0476. The third-order valence-electron chi connectivity index (χ3n) is 3.56. The maximum absolute atomic E-state index is 12.1. The summed E-state index contributed by atoms with van der Waals surface area (Å²) in [6, 6.07) is 13.5. The summed E-state index contributed by atoms with van der Waals surface area (Å²) in [7, 11) is 0. The van der Waals surface area contributed by atoms with Gasteiger partial charge in [0.1, 0.15) is 0 Å². The summed E-state index contributed by atoms with van der Waals surface area (Å²) in [5.74, 6) is 0.374. The highest BCUT2D eigenvalue weighted by atomic mass is 16.2. The number of nitrogens with one attached hydrogen (secondary N) is 1. The SMILES string of the molecule is CC(NC(=O)c1ccc(C2CC2)nn1)c1ccccc1. The predicted octanol–water partition coefficient (Wildman–Crippen LogP) is 2.85. The largest absolute Gasteiger partial charge is 0.344 e. The number of amides is 1. The van der Waals surface area contributed by atoms with Gasteiger partial charge in [0.25, 0.3) is 5.91 Å². The van der Waals surface area contributed by atoms with Gasteiger partial charge in [-0.2, -0.15) is 5.10 Å². The molecular weight excluding hydrogens is 250 g/mol. The maximum atomic E-state index is 12.1. The highest BCUT2D eigenvalue weighted by Crippen LogP contribution is 2.38. The number of carbonyl (C=O) groups excluding carboxylic acids is 1. The molecule has 0 saturated heterocycles. The van der Waals surface area contributed by atoms with Gasteiger partial charge in [0.2, 0.25) is 0 Å². The first-order chi connectivity index (χ1) is 9.74. The molecule has 102 valence electrons. The van der Waals surface area contributed by atoms with Gasteiger partial charge in [0.15, 0.2) is 5.69 Å². The van der Waals surface area contributed by atoms with E-state index in [0.29, 0.717) is 11.6 Å². The lowest BCUT2D eigenvalue weighted by Crippen LogP contribution is -2.27. The molecule has 1 N–H and O–H groups in total. The highest BCUT2D eigenvalue weighted by Gasteiger charge is 2.25. The maximum Gasteiger partial charge on any atom is 0.272 e. The van der Waals surface area contributed by atoms with Gasteiger partial charge in [-0.3, -0.25) is 4.79 Å². The zero-order valence-electron chi connectivity index (χ0n) is 11.4. The van der Waals surface area contributed by atoms with E-state index in [1.54, 1.807) is 6.07 Å². The molecule has 4 nitrogen and oxygen atoms in total. The Bertz CT molecular complexity index is 591. The Morgan fingerprint density at radius 1 is 1.15 bits per heavy atom. The number of aromatic nitrogens is 2. The second-order valence-electron chi connectivity index (χ2n) is 5.22. The van der Waals surface area contributed by atoms with Crippen LogP contribution in [0, 0.1) is 0 Å². The Hall–Kier alpha value is -2.23. The summed E-state index contributed by atoms with van der Waals surface area (Å²) < 4.78 is 0. The number of nitrogens with zero attached hydrogens (tertiary/aromatic N) is 2. The van der Waals surface area contributed by atoms with E-state index in [9.17, 15) is 4.79 Å². The molecule has 0 radical (unpaired) electrons. The van der Waals surface area contributed by atoms with Crippen molar-refractivity contribution in [1.82, 2.24) is 15.5 Å². The second-order valence-corrected chi connectivity index (χ2v) is 5.22. The quantitative estimate of drug-likeness (QED) is 0.926. The van der Waals surface area contributed by atoms with Crippen LogP contribution in [0.1, 0.15) is 53.5 Å². The number of rotatable bonds is 4. The van der Waals surface area contributed by atoms with Crippen LogP contribution in [0.15, 0.2) is 42.5 Å². The van der Waals surface area contributed by atoms with Gasteiger partial charge in [-0.1, -0.05) is 30.3 Å². The first-order valence-electron chi connectivity index (χ1n) is 6.93. The number of hydrogen-bond acceptors (Lipinski definition) is 3. The first-order valence-corrected chi connectivity index (χ1v) is 6.93. The Morgan fingerprint density at radius 3 is 2.50 bits per heavy atom. The molecular formula is C16H17N3O. The van der Waals surface area contributed by atoms with Crippen LogP contribution in [0.4, 0.5) is 0 Å². The Balaban J connectivity index is 1.66. The molecule has 1 saturated carbocycles. The van der Waals surface area contributed by atoms with Crippen molar-refractivity contribution in [2.45, 2.75) is 31.7 Å². The highest BCUT2D eigenvalue weighted by molar-refractivity contribution is 5.92. The van der Waals surface area contributed by atoms with Gasteiger partial charge >= 0.3 is 0 Å². The summed E-state index contributed by atoms with van der Waals surface area (Å²) in [6.07, 6.45) is 2.37. The molecule has 0 aliphatic heterocycles. The van der Waals surface area contributed by atoms with Gasteiger partial charge in [-0.05, 0) is 37.5 Å². The van der Waals surface area contributed by atoms with Crippen molar-refractivity contribution in [3.8, 4) is 0 Å². The Labute approximate surface area is 118 Å². The topological polar surface area (TPSA) is 54.9 Å². The van der Waals surface area contributed by atoms with E-state index in [1.165, 1.54) is 12.8 Å². The van der Waals surface area contributed by atoms with Crippen LogP contribution in [0.25, 0.3) is 0 Å². The lowest BCUT2D eigenvalue weighted by Gasteiger charge is -2.13. The lowest BCUT2D eigenvalue weighted by molar-refractivity contribution is 0.0933. The summed E-state index contributed by atoms with van der Waals surface area (Å²) in [4.78, 5) is 12.1. The van der Waals surface area contributed by atoms with Gasteiger partial charge in [-0.15, -0.1) is 5.10 Å². The molecule has 1 atom stereocenters. The summed E-state index contributed by atoms with van der Waals surface area (Å²) >= 11 is 0. The number of hydrogen-bond donors (Lipinski definition) is 1. The van der Waals surface area contributed by atoms with Crippen LogP contribution in [-0.2, 0) is 0 Å². The standard InChI is InChI=1S/C16H17N3O/c1-11(12-5-3-2-4-6-12)17-16(20)15-10-9-14(18-19-15)13-7-8-13/h2-6,9-11,13H,7-8H2,1H3,(H,17,20). The molecule has 1 aromatic heterocycles. The molecule has 0 spiro atoms. The van der Waals surface area contributed by atoms with Crippen molar-refractivity contribution >= 4 is 5.91 Å². The fourth-order valence-corrected chi connectivity index (χ4v) is 2.16. The molecule has 1 fully saturated rings. The van der Waals surface area contributed by atoms with Crippen LogP contribution >= 0.6 is 0 Å². The molecule has 3 rings (SSSR count). The van der Waals surface area contributed by atoms with E-state index < -0.39 is 0 Å².